The fourth-order valence-electron chi connectivity index (χ4n) is 0.979. The molecule has 1 aromatic heterocycles. The van der Waals surface area contributed by atoms with Crippen molar-refractivity contribution < 1.29 is 4.92 Å². The standard InChI is InChI=1S/C9H5N3O2S/c1-6-9(12(13)14)3-8(15-6)2-7(4-10)5-11/h2-3H,1H3. The van der Waals surface area contributed by atoms with Gasteiger partial charge in [0.15, 0.2) is 0 Å². The molecule has 0 amide bonds. The Morgan fingerprint density at radius 3 is 2.60 bits per heavy atom. The van der Waals surface area contributed by atoms with Crippen molar-refractivity contribution in [3.8, 4) is 12.1 Å². The zero-order valence-corrected chi connectivity index (χ0v) is 8.54. The third kappa shape index (κ3) is 2.39. The average Bonchev–Trinajstić information content (AvgIpc) is 2.56. The Morgan fingerprint density at radius 2 is 2.20 bits per heavy atom. The molecule has 0 atom stereocenters. The van der Waals surface area contributed by atoms with Gasteiger partial charge in [0.25, 0.3) is 5.69 Å². The van der Waals surface area contributed by atoms with Crippen LogP contribution in [0.25, 0.3) is 6.08 Å². The van der Waals surface area contributed by atoms with E-state index in [1.165, 1.54) is 23.5 Å². The minimum absolute atomic E-state index is 0.0153. The lowest BCUT2D eigenvalue weighted by molar-refractivity contribution is -0.385. The summed E-state index contributed by atoms with van der Waals surface area (Å²) in [5.41, 5.74) is -0.0485. The molecule has 15 heavy (non-hydrogen) atoms. The fraction of sp³-hybridized carbons (Fsp3) is 0.111. The molecule has 0 aliphatic heterocycles. The minimum atomic E-state index is -0.485. The zero-order valence-electron chi connectivity index (χ0n) is 7.72. The van der Waals surface area contributed by atoms with E-state index in [1.54, 1.807) is 19.1 Å². The third-order valence-corrected chi connectivity index (χ3v) is 2.62. The average molecular weight is 219 g/mol. The van der Waals surface area contributed by atoms with Gasteiger partial charge in [0.1, 0.15) is 17.7 Å². The van der Waals surface area contributed by atoms with Crippen molar-refractivity contribution >= 4 is 23.1 Å². The van der Waals surface area contributed by atoms with Crippen LogP contribution in [-0.4, -0.2) is 4.92 Å². The smallest absolute Gasteiger partial charge is 0.258 e. The number of thiophene rings is 1. The zero-order chi connectivity index (χ0) is 11.4. The molecule has 0 aromatic carbocycles. The van der Waals surface area contributed by atoms with Crippen molar-refractivity contribution in [2.75, 3.05) is 0 Å². The Kier molecular flexibility index (Phi) is 3.17. The first-order valence-electron chi connectivity index (χ1n) is 3.85. The van der Waals surface area contributed by atoms with Crippen LogP contribution in [0.2, 0.25) is 0 Å². The molecule has 0 N–H and O–H groups in total. The highest BCUT2D eigenvalue weighted by molar-refractivity contribution is 7.13. The first-order chi connectivity index (χ1) is 7.08. The molecule has 5 nitrogen and oxygen atoms in total. The highest BCUT2D eigenvalue weighted by atomic mass is 32.1. The molecule has 0 bridgehead atoms. The monoisotopic (exact) mass is 219 g/mol. The Morgan fingerprint density at radius 1 is 1.60 bits per heavy atom. The molecule has 0 aliphatic rings. The Labute approximate surface area is 89.6 Å². The van der Waals surface area contributed by atoms with Gasteiger partial charge in [-0.2, -0.15) is 10.5 Å². The van der Waals surface area contributed by atoms with Gasteiger partial charge in [-0.25, -0.2) is 0 Å². The van der Waals surface area contributed by atoms with E-state index in [2.05, 4.69) is 0 Å². The molecule has 6 heteroatoms. The lowest BCUT2D eigenvalue weighted by atomic mass is 10.2. The molecule has 0 fully saturated rings. The van der Waals surface area contributed by atoms with E-state index in [1.807, 2.05) is 0 Å². The van der Waals surface area contributed by atoms with Gasteiger partial charge in [0, 0.05) is 10.9 Å². The molecule has 74 valence electrons. The lowest BCUT2D eigenvalue weighted by Crippen LogP contribution is -1.85. The second-order valence-electron chi connectivity index (χ2n) is 2.63. The van der Waals surface area contributed by atoms with Gasteiger partial charge in [-0.15, -0.1) is 11.3 Å². The second kappa shape index (κ2) is 4.36. The maximum absolute atomic E-state index is 10.5. The summed E-state index contributed by atoms with van der Waals surface area (Å²) >= 11 is 1.18. The Bertz CT molecular complexity index is 500. The van der Waals surface area contributed by atoms with Crippen LogP contribution in [0.1, 0.15) is 9.75 Å². The van der Waals surface area contributed by atoms with E-state index in [0.29, 0.717) is 9.75 Å². The van der Waals surface area contributed by atoms with E-state index in [0.717, 1.165) is 0 Å². The quantitative estimate of drug-likeness (QED) is 0.433. The highest BCUT2D eigenvalue weighted by Gasteiger charge is 2.14. The van der Waals surface area contributed by atoms with E-state index in [4.69, 9.17) is 10.5 Å². The largest absolute Gasteiger partial charge is 0.283 e. The molecular formula is C9H5N3O2S. The van der Waals surface area contributed by atoms with Crippen LogP contribution in [0, 0.1) is 39.7 Å². The topological polar surface area (TPSA) is 90.7 Å². The second-order valence-corrected chi connectivity index (χ2v) is 3.92. The molecule has 0 aliphatic carbocycles. The number of nitriles is 2. The number of nitrogens with zero attached hydrogens (tertiary/aromatic N) is 3. The van der Waals surface area contributed by atoms with E-state index in [9.17, 15) is 10.1 Å². The molecule has 1 heterocycles. The first-order valence-corrected chi connectivity index (χ1v) is 4.67. The van der Waals surface area contributed by atoms with Gasteiger partial charge in [0.05, 0.1) is 9.80 Å². The van der Waals surface area contributed by atoms with Crippen LogP contribution in [0.15, 0.2) is 11.6 Å². The van der Waals surface area contributed by atoms with E-state index < -0.39 is 4.92 Å². The lowest BCUT2D eigenvalue weighted by Gasteiger charge is -1.83. The first kappa shape index (κ1) is 10.9. The van der Waals surface area contributed by atoms with Gasteiger partial charge >= 0.3 is 0 Å². The van der Waals surface area contributed by atoms with Gasteiger partial charge in [0.2, 0.25) is 0 Å². The van der Waals surface area contributed by atoms with Crippen molar-refractivity contribution in [2.45, 2.75) is 6.92 Å². The van der Waals surface area contributed by atoms with Crippen LogP contribution in [0.4, 0.5) is 5.69 Å². The van der Waals surface area contributed by atoms with Crippen LogP contribution >= 0.6 is 11.3 Å². The molecular weight excluding hydrogens is 214 g/mol. The fourth-order valence-corrected chi connectivity index (χ4v) is 1.92. The van der Waals surface area contributed by atoms with Crippen molar-refractivity contribution in [1.29, 1.82) is 10.5 Å². The molecule has 0 unspecified atom stereocenters. The normalized spacial score (nSPS) is 8.73. The molecule has 0 spiro atoms. The number of rotatable bonds is 2. The van der Waals surface area contributed by atoms with Crippen LogP contribution in [-0.2, 0) is 0 Å². The summed E-state index contributed by atoms with van der Waals surface area (Å²) in [6.45, 7) is 1.62. The SMILES string of the molecule is Cc1sc(C=C(C#N)C#N)cc1[N+](=O)[O-]. The van der Waals surface area contributed by atoms with Crippen molar-refractivity contribution in [3.05, 3.63) is 31.5 Å². The predicted molar refractivity (Wildman–Crippen MR) is 54.9 cm³/mol. The Hall–Kier alpha value is -2.18. The molecule has 1 aromatic rings. The predicted octanol–water partition coefficient (Wildman–Crippen LogP) is 2.40. The van der Waals surface area contributed by atoms with E-state index in [-0.39, 0.29) is 11.3 Å². The molecule has 0 saturated carbocycles. The van der Waals surface area contributed by atoms with Crippen LogP contribution < -0.4 is 0 Å². The summed E-state index contributed by atoms with van der Waals surface area (Å²) in [7, 11) is 0. The number of allylic oxidation sites excluding steroid dienone is 1. The number of nitro groups is 1. The summed E-state index contributed by atoms with van der Waals surface area (Å²) in [6, 6.07) is 4.75. The van der Waals surface area contributed by atoms with Crippen LogP contribution in [0.3, 0.4) is 0 Å². The summed E-state index contributed by atoms with van der Waals surface area (Å²) in [5.74, 6) is 0. The van der Waals surface area contributed by atoms with Crippen molar-refractivity contribution in [1.82, 2.24) is 0 Å². The number of hydrogen-bond donors (Lipinski definition) is 0. The molecule has 0 saturated heterocycles. The number of aryl methyl sites for hydroxylation is 1. The Balaban J connectivity index is 3.16. The van der Waals surface area contributed by atoms with Crippen LogP contribution in [0.5, 0.6) is 0 Å². The van der Waals surface area contributed by atoms with Gasteiger partial charge in [-0.05, 0) is 13.0 Å². The summed E-state index contributed by atoms with van der Waals surface area (Å²) < 4.78 is 0. The summed E-state index contributed by atoms with van der Waals surface area (Å²) in [4.78, 5) is 11.1. The summed E-state index contributed by atoms with van der Waals surface area (Å²) in [6.07, 6.45) is 1.34. The summed E-state index contributed by atoms with van der Waals surface area (Å²) in [5, 5.41) is 27.5. The maximum atomic E-state index is 10.5. The third-order valence-electron chi connectivity index (χ3n) is 1.63. The van der Waals surface area contributed by atoms with Gasteiger partial charge < -0.3 is 0 Å². The maximum Gasteiger partial charge on any atom is 0.283 e. The van der Waals surface area contributed by atoms with Crippen molar-refractivity contribution in [2.24, 2.45) is 0 Å². The van der Waals surface area contributed by atoms with Gasteiger partial charge in [-0.1, -0.05) is 0 Å². The van der Waals surface area contributed by atoms with E-state index >= 15 is 0 Å². The van der Waals surface area contributed by atoms with Crippen molar-refractivity contribution in [3.63, 3.8) is 0 Å². The molecule has 1 rings (SSSR count). The minimum Gasteiger partial charge on any atom is -0.258 e. The number of hydrogen-bond acceptors (Lipinski definition) is 5. The highest BCUT2D eigenvalue weighted by Crippen LogP contribution is 2.29. The molecule has 0 radical (unpaired) electrons. The van der Waals surface area contributed by atoms with Gasteiger partial charge in [-0.3, -0.25) is 10.1 Å².